The first-order valence-corrected chi connectivity index (χ1v) is 5.63. The number of nitrogens with two attached hydrogens (primary N) is 1. The molecular formula is C12H11N5O2. The van der Waals surface area contributed by atoms with Crippen LogP contribution in [0.15, 0.2) is 30.5 Å². The van der Waals surface area contributed by atoms with Gasteiger partial charge in [0.2, 0.25) is 5.95 Å². The van der Waals surface area contributed by atoms with Crippen molar-refractivity contribution in [3.63, 3.8) is 0 Å². The van der Waals surface area contributed by atoms with E-state index < -0.39 is 0 Å². The number of amides is 1. The highest BCUT2D eigenvalue weighted by atomic mass is 16.5. The Morgan fingerprint density at radius 1 is 1.37 bits per heavy atom. The van der Waals surface area contributed by atoms with Crippen LogP contribution in [-0.2, 0) is 4.79 Å². The molecular weight excluding hydrogens is 246 g/mol. The monoisotopic (exact) mass is 257 g/mol. The van der Waals surface area contributed by atoms with Crippen LogP contribution in [0.4, 0.5) is 11.6 Å². The number of nitrogens with one attached hydrogen (secondary N) is 2. The van der Waals surface area contributed by atoms with Gasteiger partial charge in [-0.3, -0.25) is 10.2 Å². The Hall–Kier alpha value is -2.67. The molecule has 2 aromatic rings. The molecule has 0 fully saturated rings. The van der Waals surface area contributed by atoms with Crippen LogP contribution in [0.2, 0.25) is 0 Å². The lowest BCUT2D eigenvalue weighted by Crippen LogP contribution is -2.25. The number of aromatic nitrogens is 2. The minimum Gasteiger partial charge on any atom is -0.482 e. The second-order valence-electron chi connectivity index (χ2n) is 3.96. The molecule has 1 amide bonds. The van der Waals surface area contributed by atoms with Crippen molar-refractivity contribution >= 4 is 17.5 Å². The van der Waals surface area contributed by atoms with E-state index in [1.54, 1.807) is 24.4 Å². The lowest BCUT2D eigenvalue weighted by Gasteiger charge is -2.18. The number of anilines is 2. The maximum absolute atomic E-state index is 11.3. The summed E-state index contributed by atoms with van der Waals surface area (Å²) in [4.78, 5) is 19.5. The van der Waals surface area contributed by atoms with Crippen molar-refractivity contribution in [2.24, 2.45) is 5.84 Å². The van der Waals surface area contributed by atoms with Crippen molar-refractivity contribution in [3.05, 3.63) is 30.5 Å². The molecule has 0 radical (unpaired) electrons. The summed E-state index contributed by atoms with van der Waals surface area (Å²) in [6.07, 6.45) is 1.60. The van der Waals surface area contributed by atoms with Crippen LogP contribution in [0.25, 0.3) is 11.3 Å². The Bertz CT molecular complexity index is 644. The summed E-state index contributed by atoms with van der Waals surface area (Å²) in [5, 5.41) is 2.75. The van der Waals surface area contributed by atoms with Crippen LogP contribution in [0.3, 0.4) is 0 Å². The molecule has 0 saturated carbocycles. The maximum atomic E-state index is 11.3. The summed E-state index contributed by atoms with van der Waals surface area (Å²) in [5.41, 5.74) is 4.56. The Balaban J connectivity index is 2.01. The van der Waals surface area contributed by atoms with Gasteiger partial charge in [0.05, 0.1) is 11.4 Å². The minimum absolute atomic E-state index is 0.0428. The fraction of sp³-hybridized carbons (Fsp3) is 0.0833. The van der Waals surface area contributed by atoms with Crippen LogP contribution in [0.5, 0.6) is 5.75 Å². The third-order valence-electron chi connectivity index (χ3n) is 2.69. The van der Waals surface area contributed by atoms with Crippen LogP contribution < -0.4 is 21.3 Å². The van der Waals surface area contributed by atoms with Gasteiger partial charge < -0.3 is 10.1 Å². The van der Waals surface area contributed by atoms with Crippen LogP contribution in [0, 0.1) is 0 Å². The molecule has 0 unspecified atom stereocenters. The third-order valence-corrected chi connectivity index (χ3v) is 2.69. The predicted molar refractivity (Wildman–Crippen MR) is 69.4 cm³/mol. The predicted octanol–water partition coefficient (Wildman–Crippen LogP) is 0.760. The smallest absolute Gasteiger partial charge is 0.262 e. The van der Waals surface area contributed by atoms with Gasteiger partial charge in [-0.1, -0.05) is 0 Å². The van der Waals surface area contributed by atoms with Crippen LogP contribution >= 0.6 is 0 Å². The molecule has 1 aliphatic heterocycles. The van der Waals surface area contributed by atoms with E-state index in [1.807, 2.05) is 6.07 Å². The summed E-state index contributed by atoms with van der Waals surface area (Å²) < 4.78 is 5.29. The topological polar surface area (TPSA) is 102 Å². The van der Waals surface area contributed by atoms with Gasteiger partial charge in [-0.2, -0.15) is 0 Å². The fourth-order valence-corrected chi connectivity index (χ4v) is 1.83. The van der Waals surface area contributed by atoms with E-state index >= 15 is 0 Å². The van der Waals surface area contributed by atoms with Crippen molar-refractivity contribution in [3.8, 4) is 17.0 Å². The number of ether oxygens (including phenoxy) is 1. The van der Waals surface area contributed by atoms with Gasteiger partial charge in [-0.25, -0.2) is 15.8 Å². The zero-order valence-electron chi connectivity index (χ0n) is 9.88. The van der Waals surface area contributed by atoms with Crippen molar-refractivity contribution < 1.29 is 9.53 Å². The van der Waals surface area contributed by atoms with Crippen molar-refractivity contribution in [2.45, 2.75) is 0 Å². The van der Waals surface area contributed by atoms with E-state index in [4.69, 9.17) is 10.6 Å². The lowest BCUT2D eigenvalue weighted by atomic mass is 10.1. The van der Waals surface area contributed by atoms with E-state index in [0.29, 0.717) is 23.1 Å². The molecule has 3 rings (SSSR count). The van der Waals surface area contributed by atoms with Crippen LogP contribution in [-0.4, -0.2) is 22.5 Å². The highest BCUT2D eigenvalue weighted by molar-refractivity contribution is 5.96. The van der Waals surface area contributed by atoms with Crippen molar-refractivity contribution in [1.29, 1.82) is 0 Å². The molecule has 0 atom stereocenters. The third kappa shape index (κ3) is 2.18. The molecule has 1 aromatic heterocycles. The molecule has 1 aliphatic rings. The number of nitrogen functional groups attached to an aromatic ring is 1. The van der Waals surface area contributed by atoms with E-state index in [9.17, 15) is 4.79 Å². The molecule has 7 nitrogen and oxygen atoms in total. The zero-order valence-corrected chi connectivity index (χ0v) is 9.88. The normalized spacial score (nSPS) is 13.2. The largest absolute Gasteiger partial charge is 0.482 e. The Labute approximate surface area is 108 Å². The Morgan fingerprint density at radius 3 is 3.11 bits per heavy atom. The molecule has 1 aromatic carbocycles. The summed E-state index contributed by atoms with van der Waals surface area (Å²) in [6.45, 7) is 0.0428. The molecule has 7 heteroatoms. The van der Waals surface area contributed by atoms with E-state index in [1.165, 1.54) is 0 Å². The Morgan fingerprint density at radius 2 is 2.26 bits per heavy atom. The second-order valence-corrected chi connectivity index (χ2v) is 3.96. The highest BCUT2D eigenvalue weighted by Gasteiger charge is 2.16. The quantitative estimate of drug-likeness (QED) is 0.542. The first-order chi connectivity index (χ1) is 9.26. The second kappa shape index (κ2) is 4.54. The van der Waals surface area contributed by atoms with Gasteiger partial charge in [0.25, 0.3) is 5.91 Å². The minimum atomic E-state index is -0.170. The first kappa shape index (κ1) is 11.4. The van der Waals surface area contributed by atoms with Gasteiger partial charge in [-0.15, -0.1) is 0 Å². The van der Waals surface area contributed by atoms with Gasteiger partial charge in [-0.05, 0) is 24.3 Å². The van der Waals surface area contributed by atoms with Gasteiger partial charge in [0.15, 0.2) is 6.61 Å². The first-order valence-electron chi connectivity index (χ1n) is 5.63. The van der Waals surface area contributed by atoms with E-state index in [-0.39, 0.29) is 12.5 Å². The van der Waals surface area contributed by atoms with Gasteiger partial charge in [0, 0.05) is 11.8 Å². The Kier molecular flexibility index (Phi) is 2.73. The summed E-state index contributed by atoms with van der Waals surface area (Å²) in [7, 11) is 0. The molecule has 2 heterocycles. The maximum Gasteiger partial charge on any atom is 0.262 e. The standard InChI is InChI=1S/C12H11N5O2/c13-17-12-14-4-3-8(16-12)7-1-2-10-9(5-7)15-11(18)6-19-10/h1-5H,6,13H2,(H,15,18)(H,14,16,17). The highest BCUT2D eigenvalue weighted by Crippen LogP contribution is 2.31. The number of hydrazine groups is 1. The number of carbonyl (C=O) groups is 1. The van der Waals surface area contributed by atoms with Crippen molar-refractivity contribution in [1.82, 2.24) is 9.97 Å². The number of hydrogen-bond acceptors (Lipinski definition) is 6. The molecule has 0 saturated heterocycles. The van der Waals surface area contributed by atoms with E-state index in [0.717, 1.165) is 5.56 Å². The molecule has 96 valence electrons. The number of rotatable bonds is 2. The zero-order chi connectivity index (χ0) is 13.2. The fourth-order valence-electron chi connectivity index (χ4n) is 1.83. The van der Waals surface area contributed by atoms with Gasteiger partial charge in [0.1, 0.15) is 5.75 Å². The van der Waals surface area contributed by atoms with E-state index in [2.05, 4.69) is 20.7 Å². The van der Waals surface area contributed by atoms with Gasteiger partial charge >= 0.3 is 0 Å². The molecule has 19 heavy (non-hydrogen) atoms. The molecule has 0 aliphatic carbocycles. The average Bonchev–Trinajstić information content (AvgIpc) is 2.46. The number of benzene rings is 1. The lowest BCUT2D eigenvalue weighted by molar-refractivity contribution is -0.118. The van der Waals surface area contributed by atoms with Crippen molar-refractivity contribution in [2.75, 3.05) is 17.3 Å². The number of hydrogen-bond donors (Lipinski definition) is 3. The number of nitrogens with zero attached hydrogens (tertiary/aromatic N) is 2. The summed E-state index contributed by atoms with van der Waals surface area (Å²) in [5.74, 6) is 6.08. The molecule has 0 spiro atoms. The average molecular weight is 257 g/mol. The van der Waals surface area contributed by atoms with Crippen LogP contribution in [0.1, 0.15) is 0 Å². The summed E-state index contributed by atoms with van der Waals surface area (Å²) >= 11 is 0. The SMILES string of the molecule is NNc1nccc(-c2ccc3c(c2)NC(=O)CO3)n1. The number of carbonyl (C=O) groups excluding carboxylic acids is 1. The number of fused-ring (bicyclic) bond motifs is 1. The molecule has 0 bridgehead atoms. The molecule has 4 N–H and O–H groups in total. The summed E-state index contributed by atoms with van der Waals surface area (Å²) in [6, 6.07) is 7.21.